The van der Waals surface area contributed by atoms with E-state index in [1.54, 1.807) is 0 Å². The van der Waals surface area contributed by atoms with E-state index in [1.165, 1.54) is 0 Å². The maximum absolute atomic E-state index is 11.5. The average molecular weight is 331 g/mol. The van der Waals surface area contributed by atoms with Gasteiger partial charge >= 0.3 is 5.97 Å². The van der Waals surface area contributed by atoms with Gasteiger partial charge in [0, 0.05) is 5.92 Å². The highest BCUT2D eigenvalue weighted by Gasteiger charge is 2.94. The van der Waals surface area contributed by atoms with Crippen molar-refractivity contribution in [1.82, 2.24) is 5.32 Å². The molecule has 128 valence electrons. The third-order valence-corrected chi connectivity index (χ3v) is 5.91. The Morgan fingerprint density at radius 3 is 2.52 bits per heavy atom. The predicted molar refractivity (Wildman–Crippen MR) is 69.8 cm³/mol. The van der Waals surface area contributed by atoms with Crippen LogP contribution >= 0.6 is 0 Å². The van der Waals surface area contributed by atoms with Gasteiger partial charge in [0.25, 0.3) is 0 Å². The summed E-state index contributed by atoms with van der Waals surface area (Å²) in [5.74, 6) is -2.52. The lowest BCUT2D eigenvalue weighted by molar-refractivity contribution is -0.472. The second-order valence-electron chi connectivity index (χ2n) is 6.60. The van der Waals surface area contributed by atoms with E-state index in [0.29, 0.717) is 0 Å². The van der Waals surface area contributed by atoms with Crippen LogP contribution in [-0.4, -0.2) is 91.0 Å². The van der Waals surface area contributed by atoms with E-state index in [1.807, 2.05) is 0 Å². The van der Waals surface area contributed by atoms with Gasteiger partial charge in [-0.05, 0) is 0 Å². The Balaban J connectivity index is 1.87. The lowest BCUT2D eigenvalue weighted by Gasteiger charge is -2.78. The van der Waals surface area contributed by atoms with Crippen molar-refractivity contribution in [3.05, 3.63) is 0 Å². The quantitative estimate of drug-likeness (QED) is 0.242. The number of nitrogens with two attached hydrogens (primary N) is 1. The standard InChI is InChI=1S/C12H17N3O8/c13-9-14-3-2-4(17)10(22,1-16)5(18)6(19)11(2)7(8(20)21)23-12(3,11)15-9/h2-7,16-19,22H,1H2,(H,20,21)(H3,13,14,15). The summed E-state index contributed by atoms with van der Waals surface area (Å²) < 4.78 is 5.38. The minimum absolute atomic E-state index is 0.0611. The highest BCUT2D eigenvalue weighted by atomic mass is 16.6. The fourth-order valence-corrected chi connectivity index (χ4v) is 4.91. The largest absolute Gasteiger partial charge is 0.479 e. The molecular weight excluding hydrogens is 314 g/mol. The number of ether oxygens (including phenoxy) is 1. The molecule has 2 spiro atoms. The molecule has 0 aromatic rings. The molecule has 11 nitrogen and oxygen atoms in total. The molecular formula is C12H17N3O8. The van der Waals surface area contributed by atoms with Gasteiger partial charge < -0.3 is 46.4 Å². The second-order valence-corrected chi connectivity index (χ2v) is 6.60. The van der Waals surface area contributed by atoms with Gasteiger partial charge in [-0.15, -0.1) is 0 Å². The molecule has 2 aliphatic carbocycles. The fraction of sp³-hybridized carbons (Fsp3) is 0.833. The molecule has 3 fully saturated rings. The smallest absolute Gasteiger partial charge is 0.333 e. The third-order valence-electron chi connectivity index (χ3n) is 5.91. The molecule has 0 radical (unpaired) electrons. The van der Waals surface area contributed by atoms with Crippen LogP contribution in [0, 0.1) is 11.3 Å². The first-order valence-electron chi connectivity index (χ1n) is 7.08. The van der Waals surface area contributed by atoms with Gasteiger partial charge in [-0.3, -0.25) is 0 Å². The lowest BCUT2D eigenvalue weighted by atomic mass is 9.36. The van der Waals surface area contributed by atoms with Crippen LogP contribution in [0.3, 0.4) is 0 Å². The summed E-state index contributed by atoms with van der Waals surface area (Å²) in [5, 5.41) is 63.0. The van der Waals surface area contributed by atoms with Crippen molar-refractivity contribution >= 4 is 11.9 Å². The number of rotatable bonds is 2. The fourth-order valence-electron chi connectivity index (χ4n) is 4.91. The number of aliphatic hydroxyl groups is 5. The topological polar surface area (TPSA) is 198 Å². The van der Waals surface area contributed by atoms with Crippen LogP contribution in [0.4, 0.5) is 0 Å². The van der Waals surface area contributed by atoms with Crippen molar-refractivity contribution in [2.45, 2.75) is 41.8 Å². The normalized spacial score (nSPS) is 59.4. The van der Waals surface area contributed by atoms with E-state index in [4.69, 9.17) is 10.5 Å². The molecule has 2 aliphatic heterocycles. The summed E-state index contributed by atoms with van der Waals surface area (Å²) >= 11 is 0. The number of aliphatic carboxylic acids is 1. The van der Waals surface area contributed by atoms with Crippen molar-refractivity contribution in [2.24, 2.45) is 22.1 Å². The maximum Gasteiger partial charge on any atom is 0.333 e. The van der Waals surface area contributed by atoms with Crippen molar-refractivity contribution < 1.29 is 40.2 Å². The monoisotopic (exact) mass is 331 g/mol. The number of aliphatic imine (C=N–C) groups is 1. The van der Waals surface area contributed by atoms with E-state index in [0.717, 1.165) is 0 Å². The van der Waals surface area contributed by atoms with Gasteiger partial charge in [-0.2, -0.15) is 0 Å². The van der Waals surface area contributed by atoms with Gasteiger partial charge in [-0.1, -0.05) is 0 Å². The van der Waals surface area contributed by atoms with Crippen LogP contribution in [-0.2, 0) is 9.53 Å². The van der Waals surface area contributed by atoms with Gasteiger partial charge in [0.15, 0.2) is 17.8 Å². The van der Waals surface area contributed by atoms with Crippen molar-refractivity contribution in [3.63, 3.8) is 0 Å². The van der Waals surface area contributed by atoms with Crippen LogP contribution in [0.15, 0.2) is 4.99 Å². The Bertz CT molecular complexity index is 629. The molecule has 4 aliphatic rings. The summed E-state index contributed by atoms with van der Waals surface area (Å²) in [6, 6.07) is -0.853. The highest BCUT2D eigenvalue weighted by molar-refractivity contribution is 5.85. The summed E-state index contributed by atoms with van der Waals surface area (Å²) in [6.45, 7) is -1.02. The van der Waals surface area contributed by atoms with Crippen molar-refractivity contribution in [1.29, 1.82) is 0 Å². The Morgan fingerprint density at radius 1 is 1.30 bits per heavy atom. The Morgan fingerprint density at radius 2 is 1.96 bits per heavy atom. The van der Waals surface area contributed by atoms with E-state index >= 15 is 0 Å². The zero-order chi connectivity index (χ0) is 16.9. The lowest BCUT2D eigenvalue weighted by Crippen LogP contribution is -2.99. The van der Waals surface area contributed by atoms with Crippen molar-refractivity contribution in [3.8, 4) is 0 Å². The minimum Gasteiger partial charge on any atom is -0.479 e. The van der Waals surface area contributed by atoms with Crippen LogP contribution in [0.5, 0.6) is 0 Å². The number of nitrogens with zero attached hydrogens (tertiary/aromatic N) is 1. The molecule has 1 saturated heterocycles. The van der Waals surface area contributed by atoms with E-state index in [-0.39, 0.29) is 5.96 Å². The summed E-state index contributed by atoms with van der Waals surface area (Å²) in [5.41, 5.74) is 0.113. The number of carboxylic acid groups (broad SMARTS) is 1. The number of fused-ring (bicyclic) bond motifs is 1. The molecule has 2 heterocycles. The molecule has 0 aromatic carbocycles. The average Bonchev–Trinajstić information content (AvgIpc) is 2.82. The highest BCUT2D eigenvalue weighted by Crippen LogP contribution is 2.73. The van der Waals surface area contributed by atoms with Gasteiger partial charge in [0.1, 0.15) is 17.7 Å². The van der Waals surface area contributed by atoms with Crippen molar-refractivity contribution in [2.75, 3.05) is 6.61 Å². The first-order chi connectivity index (χ1) is 10.7. The molecule has 9 unspecified atom stereocenters. The predicted octanol–water partition coefficient (Wildman–Crippen LogP) is -5.11. The zero-order valence-electron chi connectivity index (χ0n) is 11.7. The van der Waals surface area contributed by atoms with Gasteiger partial charge in [0.2, 0.25) is 0 Å². The Labute approximate surface area is 129 Å². The molecule has 9 atom stereocenters. The number of guanidine groups is 1. The van der Waals surface area contributed by atoms with Gasteiger partial charge in [-0.25, -0.2) is 9.79 Å². The molecule has 11 heteroatoms. The first kappa shape index (κ1) is 15.1. The number of nitrogens with one attached hydrogen (secondary N) is 1. The number of hydrogen-bond donors (Lipinski definition) is 8. The molecule has 0 aromatic heterocycles. The summed E-state index contributed by atoms with van der Waals surface area (Å²) in [7, 11) is 0. The number of hydrogen-bond acceptors (Lipinski definition) is 10. The molecule has 4 rings (SSSR count). The molecule has 0 bridgehead atoms. The summed E-state index contributed by atoms with van der Waals surface area (Å²) in [6.07, 6.45) is -7.02. The molecule has 0 amide bonds. The van der Waals surface area contributed by atoms with Crippen LogP contribution in [0.1, 0.15) is 0 Å². The Hall–Kier alpha value is -1.50. The molecule has 2 saturated carbocycles. The third kappa shape index (κ3) is 1.20. The first-order valence-corrected chi connectivity index (χ1v) is 7.08. The van der Waals surface area contributed by atoms with E-state index < -0.39 is 65.7 Å². The SMILES string of the molecule is NC1=NC2C3C(O)C(O)(CO)C(O)C(O)C34C(C(=O)O)OC24N1. The number of carboxylic acids is 1. The van der Waals surface area contributed by atoms with Crippen LogP contribution in [0.2, 0.25) is 0 Å². The maximum atomic E-state index is 11.5. The molecule has 23 heavy (non-hydrogen) atoms. The number of carbonyl (C=O) groups is 1. The van der Waals surface area contributed by atoms with E-state index in [2.05, 4.69) is 10.3 Å². The summed E-state index contributed by atoms with van der Waals surface area (Å²) in [4.78, 5) is 15.5. The second kappa shape index (κ2) is 3.94. The minimum atomic E-state index is -2.41. The van der Waals surface area contributed by atoms with E-state index in [9.17, 15) is 35.4 Å². The van der Waals surface area contributed by atoms with Gasteiger partial charge in [0.05, 0.1) is 24.2 Å². The Kier molecular flexibility index (Phi) is 2.58. The molecule has 9 N–H and O–H groups in total. The zero-order valence-corrected chi connectivity index (χ0v) is 11.7. The number of aliphatic hydroxyl groups excluding tert-OH is 4. The van der Waals surface area contributed by atoms with Crippen LogP contribution in [0.25, 0.3) is 0 Å². The van der Waals surface area contributed by atoms with Crippen LogP contribution < -0.4 is 11.1 Å².